The molecule has 2 aliphatic heterocycles. The summed E-state index contributed by atoms with van der Waals surface area (Å²) >= 11 is 0. The van der Waals surface area contributed by atoms with Crippen LogP contribution in [-0.4, -0.2) is 43.5 Å². The highest BCUT2D eigenvalue weighted by atomic mass is 19.1. The molecule has 1 amide bonds. The van der Waals surface area contributed by atoms with E-state index in [0.29, 0.717) is 37.4 Å². The van der Waals surface area contributed by atoms with Gasteiger partial charge in [0.25, 0.3) is 5.91 Å². The lowest BCUT2D eigenvalue weighted by Gasteiger charge is -2.36. The molecular formula is C27H28FN3O. The van der Waals surface area contributed by atoms with Crippen LogP contribution in [-0.2, 0) is 13.0 Å². The Labute approximate surface area is 188 Å². The van der Waals surface area contributed by atoms with Crippen LogP contribution in [0.2, 0.25) is 0 Å². The van der Waals surface area contributed by atoms with E-state index in [9.17, 15) is 9.18 Å². The average Bonchev–Trinajstić information content (AvgIpc) is 2.85. The summed E-state index contributed by atoms with van der Waals surface area (Å²) in [5.74, 6) is -0.160. The van der Waals surface area contributed by atoms with E-state index in [0.717, 1.165) is 19.5 Å². The van der Waals surface area contributed by atoms with Crippen LogP contribution in [0.4, 0.5) is 15.8 Å². The summed E-state index contributed by atoms with van der Waals surface area (Å²) in [5, 5.41) is 0. The van der Waals surface area contributed by atoms with Gasteiger partial charge < -0.3 is 14.7 Å². The summed E-state index contributed by atoms with van der Waals surface area (Å²) in [5.41, 5.74) is 5.28. The number of carbonyl (C=O) groups excluding carboxylic acids is 1. The van der Waals surface area contributed by atoms with Gasteiger partial charge in [-0.1, -0.05) is 42.5 Å². The first-order chi connectivity index (χ1) is 15.7. The van der Waals surface area contributed by atoms with Crippen LogP contribution in [0.3, 0.4) is 0 Å². The highest BCUT2D eigenvalue weighted by molar-refractivity contribution is 5.94. The van der Waals surface area contributed by atoms with E-state index in [2.05, 4.69) is 41.3 Å². The fourth-order valence-corrected chi connectivity index (χ4v) is 4.79. The van der Waals surface area contributed by atoms with Gasteiger partial charge in [0.05, 0.1) is 5.69 Å². The van der Waals surface area contributed by atoms with Crippen LogP contribution in [0.25, 0.3) is 0 Å². The van der Waals surface area contributed by atoms with Crippen LogP contribution in [0.15, 0.2) is 72.8 Å². The molecule has 5 heteroatoms. The maximum Gasteiger partial charge on any atom is 0.253 e. The quantitative estimate of drug-likeness (QED) is 0.599. The number of benzene rings is 3. The van der Waals surface area contributed by atoms with Gasteiger partial charge in [-0.25, -0.2) is 4.39 Å². The van der Waals surface area contributed by atoms with Crippen molar-refractivity contribution >= 4 is 17.3 Å². The molecule has 3 aromatic rings. The Morgan fingerprint density at radius 1 is 0.781 bits per heavy atom. The Kier molecular flexibility index (Phi) is 5.80. The van der Waals surface area contributed by atoms with Crippen molar-refractivity contribution in [2.75, 3.05) is 42.5 Å². The molecule has 2 heterocycles. The molecule has 0 aromatic heterocycles. The Morgan fingerprint density at radius 2 is 1.47 bits per heavy atom. The Morgan fingerprint density at radius 3 is 2.22 bits per heavy atom. The number of hydrogen-bond donors (Lipinski definition) is 0. The molecule has 0 radical (unpaired) electrons. The third-order valence-corrected chi connectivity index (χ3v) is 6.54. The molecule has 1 fully saturated rings. The van der Waals surface area contributed by atoms with Gasteiger partial charge in [0, 0.05) is 50.5 Å². The normalized spacial score (nSPS) is 16.1. The molecule has 0 atom stereocenters. The van der Waals surface area contributed by atoms with E-state index in [1.165, 1.54) is 29.3 Å². The van der Waals surface area contributed by atoms with Gasteiger partial charge in [-0.15, -0.1) is 0 Å². The number of halogens is 1. The summed E-state index contributed by atoms with van der Waals surface area (Å²) in [6, 6.07) is 23.5. The van der Waals surface area contributed by atoms with E-state index in [1.807, 2.05) is 28.0 Å². The van der Waals surface area contributed by atoms with Crippen LogP contribution in [0.5, 0.6) is 0 Å². The fourth-order valence-electron chi connectivity index (χ4n) is 4.79. The molecule has 3 aromatic carbocycles. The SMILES string of the molecule is O=C(c1ccc(CN2CCCc3ccccc32)cc1)N1CCN(c2ccccc2F)CC1. The van der Waals surface area contributed by atoms with Gasteiger partial charge in [0.15, 0.2) is 0 Å². The number of hydrogen-bond acceptors (Lipinski definition) is 3. The number of rotatable bonds is 4. The molecule has 32 heavy (non-hydrogen) atoms. The van der Waals surface area contributed by atoms with Gasteiger partial charge in [0.1, 0.15) is 5.82 Å². The van der Waals surface area contributed by atoms with Crippen LogP contribution < -0.4 is 9.80 Å². The Balaban J connectivity index is 1.21. The lowest BCUT2D eigenvalue weighted by atomic mass is 10.0. The molecule has 164 valence electrons. The molecule has 0 N–H and O–H groups in total. The van der Waals surface area contributed by atoms with Crippen molar-refractivity contribution in [2.45, 2.75) is 19.4 Å². The standard InChI is InChI=1S/C27H28FN3O/c28-24-8-2-4-10-26(24)29-16-18-30(19-17-29)27(32)23-13-11-21(12-14-23)20-31-15-5-7-22-6-1-3-9-25(22)31/h1-4,6,8-14H,5,7,15-20H2. The van der Waals surface area contributed by atoms with Crippen molar-refractivity contribution in [3.05, 3.63) is 95.3 Å². The van der Waals surface area contributed by atoms with Gasteiger partial charge in [-0.2, -0.15) is 0 Å². The molecule has 5 rings (SSSR count). The predicted octanol–water partition coefficient (Wildman–Crippen LogP) is 4.74. The molecule has 0 unspecified atom stereocenters. The van der Waals surface area contributed by atoms with Crippen molar-refractivity contribution in [3.63, 3.8) is 0 Å². The maximum atomic E-state index is 14.1. The molecule has 2 aliphatic rings. The molecule has 1 saturated heterocycles. The molecular weight excluding hydrogens is 401 g/mol. The number of amides is 1. The largest absolute Gasteiger partial charge is 0.367 e. The minimum Gasteiger partial charge on any atom is -0.367 e. The smallest absolute Gasteiger partial charge is 0.253 e. The molecule has 0 spiro atoms. The van der Waals surface area contributed by atoms with E-state index in [4.69, 9.17) is 0 Å². The molecule has 0 aliphatic carbocycles. The predicted molar refractivity (Wildman–Crippen MR) is 127 cm³/mol. The summed E-state index contributed by atoms with van der Waals surface area (Å²) in [6.07, 6.45) is 2.32. The lowest BCUT2D eigenvalue weighted by Crippen LogP contribution is -2.49. The molecule has 4 nitrogen and oxygen atoms in total. The Bertz CT molecular complexity index is 1090. The zero-order valence-corrected chi connectivity index (χ0v) is 18.2. The van der Waals surface area contributed by atoms with Gasteiger partial charge in [0.2, 0.25) is 0 Å². The summed E-state index contributed by atoms with van der Waals surface area (Å²) in [7, 11) is 0. The van der Waals surface area contributed by atoms with Crippen molar-refractivity contribution in [3.8, 4) is 0 Å². The Hall–Kier alpha value is -3.34. The first-order valence-electron chi connectivity index (χ1n) is 11.4. The number of anilines is 2. The van der Waals surface area contributed by atoms with Gasteiger partial charge >= 0.3 is 0 Å². The second-order valence-corrected chi connectivity index (χ2v) is 8.58. The van der Waals surface area contributed by atoms with Gasteiger partial charge in [-0.3, -0.25) is 4.79 Å². The topological polar surface area (TPSA) is 26.8 Å². The third kappa shape index (κ3) is 4.20. The maximum absolute atomic E-state index is 14.1. The minimum absolute atomic E-state index is 0.0491. The van der Waals surface area contributed by atoms with E-state index in [-0.39, 0.29) is 11.7 Å². The van der Waals surface area contributed by atoms with Gasteiger partial charge in [-0.05, 0) is 54.3 Å². The molecule has 0 saturated carbocycles. The highest BCUT2D eigenvalue weighted by Gasteiger charge is 2.24. The first kappa shape index (κ1) is 20.6. The van der Waals surface area contributed by atoms with Crippen LogP contribution in [0, 0.1) is 5.82 Å². The second-order valence-electron chi connectivity index (χ2n) is 8.58. The summed E-state index contributed by atoms with van der Waals surface area (Å²) < 4.78 is 14.1. The summed E-state index contributed by atoms with van der Waals surface area (Å²) in [4.78, 5) is 19.3. The van der Waals surface area contributed by atoms with E-state index in [1.54, 1.807) is 12.1 Å². The number of fused-ring (bicyclic) bond motifs is 1. The van der Waals surface area contributed by atoms with Crippen LogP contribution in [0.1, 0.15) is 27.9 Å². The van der Waals surface area contributed by atoms with E-state index < -0.39 is 0 Å². The second kappa shape index (κ2) is 9.03. The van der Waals surface area contributed by atoms with Crippen molar-refractivity contribution in [1.29, 1.82) is 0 Å². The number of piperazine rings is 1. The monoisotopic (exact) mass is 429 g/mol. The minimum atomic E-state index is -0.209. The van der Waals surface area contributed by atoms with Crippen LogP contribution >= 0.6 is 0 Å². The number of carbonyl (C=O) groups is 1. The zero-order chi connectivity index (χ0) is 21.9. The van der Waals surface area contributed by atoms with Crippen molar-refractivity contribution in [1.82, 2.24) is 4.90 Å². The zero-order valence-electron chi connectivity index (χ0n) is 18.2. The third-order valence-electron chi connectivity index (χ3n) is 6.54. The van der Waals surface area contributed by atoms with Crippen molar-refractivity contribution < 1.29 is 9.18 Å². The number of para-hydroxylation sites is 2. The fraction of sp³-hybridized carbons (Fsp3) is 0.296. The van der Waals surface area contributed by atoms with Crippen molar-refractivity contribution in [2.24, 2.45) is 0 Å². The lowest BCUT2D eigenvalue weighted by molar-refractivity contribution is 0.0746. The number of nitrogens with zero attached hydrogens (tertiary/aromatic N) is 3. The van der Waals surface area contributed by atoms with E-state index >= 15 is 0 Å². The number of aryl methyl sites for hydroxylation is 1. The first-order valence-corrected chi connectivity index (χ1v) is 11.4. The molecule has 0 bridgehead atoms. The summed E-state index contributed by atoms with van der Waals surface area (Å²) in [6.45, 7) is 4.38. The average molecular weight is 430 g/mol. The highest BCUT2D eigenvalue weighted by Crippen LogP contribution is 2.28.